The number of hydrogen-bond acceptors (Lipinski definition) is 3. The van der Waals surface area contributed by atoms with Crippen LogP contribution in [0.2, 0.25) is 0 Å². The summed E-state index contributed by atoms with van der Waals surface area (Å²) < 4.78 is 0. The molecule has 2 atom stereocenters. The van der Waals surface area contributed by atoms with Gasteiger partial charge < -0.3 is 16.4 Å². The number of benzene rings is 1. The van der Waals surface area contributed by atoms with Crippen LogP contribution < -0.4 is 16.4 Å². The van der Waals surface area contributed by atoms with E-state index in [1.807, 2.05) is 19.9 Å². The van der Waals surface area contributed by atoms with Gasteiger partial charge in [-0.25, -0.2) is 0 Å². The van der Waals surface area contributed by atoms with E-state index in [4.69, 9.17) is 5.73 Å². The van der Waals surface area contributed by atoms with Gasteiger partial charge in [-0.05, 0) is 29.7 Å². The lowest BCUT2D eigenvalue weighted by Gasteiger charge is -2.18. The van der Waals surface area contributed by atoms with Crippen molar-refractivity contribution in [1.82, 2.24) is 0 Å². The van der Waals surface area contributed by atoms with Crippen LogP contribution in [0.5, 0.6) is 0 Å². The number of carbonyl (C=O) groups is 2. The SMILES string of the molecule is CCC(C)[C@H](N)C(=O)Nc1ccc2c(c1)CC(=O)N2. The second kappa shape index (κ2) is 5.40. The normalized spacial score (nSPS) is 16.5. The van der Waals surface area contributed by atoms with Gasteiger partial charge >= 0.3 is 0 Å². The van der Waals surface area contributed by atoms with E-state index in [2.05, 4.69) is 10.6 Å². The highest BCUT2D eigenvalue weighted by Crippen LogP contribution is 2.26. The smallest absolute Gasteiger partial charge is 0.241 e. The molecule has 0 aliphatic carbocycles. The standard InChI is InChI=1S/C14H19N3O2/c1-3-8(2)13(15)14(19)16-10-4-5-11-9(6-10)7-12(18)17-11/h4-6,8,13H,3,7,15H2,1-2H3,(H,16,19)(H,17,18)/t8?,13-/m0/s1. The van der Waals surface area contributed by atoms with E-state index >= 15 is 0 Å². The summed E-state index contributed by atoms with van der Waals surface area (Å²) in [5, 5.41) is 5.55. The van der Waals surface area contributed by atoms with E-state index in [-0.39, 0.29) is 17.7 Å². The highest BCUT2D eigenvalue weighted by atomic mass is 16.2. The molecule has 2 amide bonds. The van der Waals surface area contributed by atoms with Crippen LogP contribution in [0.1, 0.15) is 25.8 Å². The van der Waals surface area contributed by atoms with Crippen molar-refractivity contribution in [3.63, 3.8) is 0 Å². The number of nitrogens with two attached hydrogens (primary N) is 1. The first kappa shape index (κ1) is 13.5. The van der Waals surface area contributed by atoms with Crippen molar-refractivity contribution in [2.45, 2.75) is 32.7 Å². The van der Waals surface area contributed by atoms with Gasteiger partial charge in [0.05, 0.1) is 12.5 Å². The minimum Gasteiger partial charge on any atom is -0.326 e. The lowest BCUT2D eigenvalue weighted by atomic mass is 9.99. The predicted molar refractivity (Wildman–Crippen MR) is 74.8 cm³/mol. The first-order chi connectivity index (χ1) is 9.01. The molecule has 102 valence electrons. The molecular weight excluding hydrogens is 242 g/mol. The van der Waals surface area contributed by atoms with Crippen molar-refractivity contribution in [2.75, 3.05) is 10.6 Å². The zero-order valence-electron chi connectivity index (χ0n) is 11.2. The van der Waals surface area contributed by atoms with Gasteiger partial charge in [0.2, 0.25) is 11.8 Å². The number of anilines is 2. The largest absolute Gasteiger partial charge is 0.326 e. The molecule has 1 heterocycles. The van der Waals surface area contributed by atoms with Crippen LogP contribution in [0.3, 0.4) is 0 Å². The van der Waals surface area contributed by atoms with Gasteiger partial charge in [0.25, 0.3) is 0 Å². The number of carbonyl (C=O) groups excluding carboxylic acids is 2. The third kappa shape index (κ3) is 2.93. The van der Waals surface area contributed by atoms with Crippen LogP contribution >= 0.6 is 0 Å². The maximum Gasteiger partial charge on any atom is 0.241 e. The fourth-order valence-electron chi connectivity index (χ4n) is 2.04. The Morgan fingerprint density at radius 1 is 1.53 bits per heavy atom. The summed E-state index contributed by atoms with van der Waals surface area (Å²) in [4.78, 5) is 23.2. The number of fused-ring (bicyclic) bond motifs is 1. The second-order valence-electron chi connectivity index (χ2n) is 5.00. The molecule has 1 aromatic rings. The van der Waals surface area contributed by atoms with Crippen LogP contribution in [-0.4, -0.2) is 17.9 Å². The Balaban J connectivity index is 2.06. The van der Waals surface area contributed by atoms with E-state index < -0.39 is 6.04 Å². The Morgan fingerprint density at radius 3 is 2.95 bits per heavy atom. The number of nitrogens with one attached hydrogen (secondary N) is 2. The molecule has 4 N–H and O–H groups in total. The van der Waals surface area contributed by atoms with Crippen molar-refractivity contribution in [3.8, 4) is 0 Å². The molecule has 0 bridgehead atoms. The highest BCUT2D eigenvalue weighted by Gasteiger charge is 2.21. The van der Waals surface area contributed by atoms with E-state index in [0.717, 1.165) is 17.7 Å². The zero-order chi connectivity index (χ0) is 14.0. The molecule has 1 aliphatic heterocycles. The molecule has 0 spiro atoms. The van der Waals surface area contributed by atoms with Gasteiger partial charge in [-0.3, -0.25) is 9.59 Å². The molecule has 1 aromatic carbocycles. The average Bonchev–Trinajstić information content (AvgIpc) is 2.76. The van der Waals surface area contributed by atoms with Gasteiger partial charge in [0.1, 0.15) is 0 Å². The summed E-state index contributed by atoms with van der Waals surface area (Å²) in [7, 11) is 0. The minimum atomic E-state index is -0.516. The molecule has 0 radical (unpaired) electrons. The maximum atomic E-state index is 12.0. The van der Waals surface area contributed by atoms with Gasteiger partial charge in [-0.15, -0.1) is 0 Å². The van der Waals surface area contributed by atoms with Crippen molar-refractivity contribution >= 4 is 23.2 Å². The minimum absolute atomic E-state index is 0.0187. The molecule has 1 aliphatic rings. The molecule has 19 heavy (non-hydrogen) atoms. The van der Waals surface area contributed by atoms with Crippen LogP contribution in [0.15, 0.2) is 18.2 Å². The molecule has 5 nitrogen and oxygen atoms in total. The Labute approximate surface area is 112 Å². The predicted octanol–water partition coefficient (Wildman–Crippen LogP) is 1.49. The number of amides is 2. The zero-order valence-corrected chi connectivity index (χ0v) is 11.2. The second-order valence-corrected chi connectivity index (χ2v) is 5.00. The van der Waals surface area contributed by atoms with Crippen LogP contribution in [0.25, 0.3) is 0 Å². The molecule has 0 aromatic heterocycles. The maximum absolute atomic E-state index is 12.0. The Morgan fingerprint density at radius 2 is 2.26 bits per heavy atom. The summed E-state index contributed by atoms with van der Waals surface area (Å²) in [6.45, 7) is 3.96. The lowest BCUT2D eigenvalue weighted by molar-refractivity contribution is -0.118. The van der Waals surface area contributed by atoms with Crippen LogP contribution in [-0.2, 0) is 16.0 Å². The fourth-order valence-corrected chi connectivity index (χ4v) is 2.04. The molecular formula is C14H19N3O2. The Kier molecular flexibility index (Phi) is 3.85. The molecule has 0 saturated carbocycles. The topological polar surface area (TPSA) is 84.2 Å². The fraction of sp³-hybridized carbons (Fsp3) is 0.429. The van der Waals surface area contributed by atoms with E-state index in [1.165, 1.54) is 0 Å². The third-order valence-corrected chi connectivity index (χ3v) is 3.56. The summed E-state index contributed by atoms with van der Waals surface area (Å²) >= 11 is 0. The number of rotatable bonds is 4. The first-order valence-corrected chi connectivity index (χ1v) is 6.50. The van der Waals surface area contributed by atoms with Crippen molar-refractivity contribution in [1.29, 1.82) is 0 Å². The first-order valence-electron chi connectivity index (χ1n) is 6.50. The molecule has 0 fully saturated rings. The molecule has 2 rings (SSSR count). The molecule has 1 unspecified atom stereocenters. The summed E-state index contributed by atoms with van der Waals surface area (Å²) in [6, 6.07) is 4.86. The summed E-state index contributed by atoms with van der Waals surface area (Å²) in [6.07, 6.45) is 1.22. The quantitative estimate of drug-likeness (QED) is 0.767. The lowest BCUT2D eigenvalue weighted by Crippen LogP contribution is -2.40. The highest BCUT2D eigenvalue weighted by molar-refractivity contribution is 6.00. The van der Waals surface area contributed by atoms with E-state index in [9.17, 15) is 9.59 Å². The van der Waals surface area contributed by atoms with E-state index in [1.54, 1.807) is 12.1 Å². The third-order valence-electron chi connectivity index (χ3n) is 3.56. The van der Waals surface area contributed by atoms with Gasteiger partial charge in [-0.1, -0.05) is 20.3 Å². The van der Waals surface area contributed by atoms with Crippen molar-refractivity contribution in [2.24, 2.45) is 11.7 Å². The summed E-state index contributed by atoms with van der Waals surface area (Å²) in [5.41, 5.74) is 8.27. The Bertz CT molecular complexity index is 513. The molecule has 0 saturated heterocycles. The number of hydrogen-bond donors (Lipinski definition) is 3. The molecule has 5 heteroatoms. The van der Waals surface area contributed by atoms with Gasteiger partial charge in [0, 0.05) is 11.4 Å². The summed E-state index contributed by atoms with van der Waals surface area (Å²) in [5.74, 6) is -0.0703. The van der Waals surface area contributed by atoms with Crippen molar-refractivity contribution in [3.05, 3.63) is 23.8 Å². The van der Waals surface area contributed by atoms with Crippen LogP contribution in [0.4, 0.5) is 11.4 Å². The van der Waals surface area contributed by atoms with Crippen molar-refractivity contribution < 1.29 is 9.59 Å². The van der Waals surface area contributed by atoms with Gasteiger partial charge in [-0.2, -0.15) is 0 Å². The monoisotopic (exact) mass is 261 g/mol. The Hall–Kier alpha value is -1.88. The van der Waals surface area contributed by atoms with Gasteiger partial charge in [0.15, 0.2) is 0 Å². The van der Waals surface area contributed by atoms with E-state index in [0.29, 0.717) is 12.1 Å². The average molecular weight is 261 g/mol. The van der Waals surface area contributed by atoms with Crippen LogP contribution in [0, 0.1) is 5.92 Å².